The van der Waals surface area contributed by atoms with Gasteiger partial charge >= 0.3 is 0 Å². The van der Waals surface area contributed by atoms with E-state index in [1.165, 1.54) is 21.5 Å². The predicted molar refractivity (Wildman–Crippen MR) is 311 cm³/mol. The SMILES string of the molecule is Cc1cc(-c2ccc(N(c3ccc4ccccc4c3)c3ccccc3-c3ccc4oc5ccccc5c4c3)c(C)c2)ccc1N(c1ccc2ccccc2c1)c1ccccc1-c1ccc2oc3ccccc3c2c1. The van der Waals surface area contributed by atoms with Crippen LogP contribution in [0.3, 0.4) is 0 Å². The Morgan fingerprint density at radius 3 is 1.09 bits per heavy atom. The van der Waals surface area contributed by atoms with Gasteiger partial charge in [-0.1, -0.05) is 158 Å². The van der Waals surface area contributed by atoms with E-state index >= 15 is 0 Å². The zero-order valence-corrected chi connectivity index (χ0v) is 41.0. The Kier molecular flexibility index (Phi) is 10.3. The minimum absolute atomic E-state index is 0.886. The maximum absolute atomic E-state index is 6.27. The molecule has 74 heavy (non-hydrogen) atoms. The van der Waals surface area contributed by atoms with Gasteiger partial charge in [0.2, 0.25) is 0 Å². The van der Waals surface area contributed by atoms with Crippen LogP contribution in [0.25, 0.3) is 98.8 Å². The van der Waals surface area contributed by atoms with Crippen molar-refractivity contribution in [2.45, 2.75) is 13.8 Å². The summed E-state index contributed by atoms with van der Waals surface area (Å²) in [6, 6.07) is 91.9. The van der Waals surface area contributed by atoms with Crippen molar-refractivity contribution in [1.82, 2.24) is 0 Å². The maximum atomic E-state index is 6.27. The molecule has 14 aromatic rings. The molecule has 12 aromatic carbocycles. The summed E-state index contributed by atoms with van der Waals surface area (Å²) < 4.78 is 12.5. The Labute approximate surface area is 429 Å². The van der Waals surface area contributed by atoms with Gasteiger partial charge in [-0.25, -0.2) is 0 Å². The van der Waals surface area contributed by atoms with E-state index in [4.69, 9.17) is 8.83 Å². The van der Waals surface area contributed by atoms with Crippen molar-refractivity contribution >= 4 is 99.5 Å². The van der Waals surface area contributed by atoms with Gasteiger partial charge in [-0.15, -0.1) is 0 Å². The number of para-hydroxylation sites is 4. The Bertz CT molecular complexity index is 4210. The molecule has 4 heteroatoms. The lowest BCUT2D eigenvalue weighted by Gasteiger charge is -2.30. The van der Waals surface area contributed by atoms with Crippen molar-refractivity contribution in [3.05, 3.63) is 266 Å². The van der Waals surface area contributed by atoms with Gasteiger partial charge in [0.25, 0.3) is 0 Å². The summed E-state index contributed by atoms with van der Waals surface area (Å²) in [4.78, 5) is 4.86. The number of furan rings is 2. The smallest absolute Gasteiger partial charge is 0.135 e. The lowest BCUT2D eigenvalue weighted by atomic mass is 9.96. The second kappa shape index (κ2) is 17.6. The molecule has 0 radical (unpaired) electrons. The van der Waals surface area contributed by atoms with Crippen LogP contribution in [0.2, 0.25) is 0 Å². The van der Waals surface area contributed by atoms with Crippen molar-refractivity contribution in [1.29, 1.82) is 0 Å². The molecule has 14 rings (SSSR count). The first kappa shape index (κ1) is 43.2. The maximum Gasteiger partial charge on any atom is 0.135 e. The molecule has 0 spiro atoms. The van der Waals surface area contributed by atoms with Gasteiger partial charge in [-0.3, -0.25) is 0 Å². The first-order chi connectivity index (χ1) is 36.5. The van der Waals surface area contributed by atoms with Crippen LogP contribution in [0.1, 0.15) is 11.1 Å². The van der Waals surface area contributed by atoms with E-state index in [9.17, 15) is 0 Å². The quantitative estimate of drug-likeness (QED) is 0.144. The Hall–Kier alpha value is -9.64. The third-order valence-corrected chi connectivity index (χ3v) is 14.9. The van der Waals surface area contributed by atoms with Crippen molar-refractivity contribution in [2.24, 2.45) is 0 Å². The largest absolute Gasteiger partial charge is 0.456 e. The zero-order valence-electron chi connectivity index (χ0n) is 41.0. The van der Waals surface area contributed by atoms with Gasteiger partial charge in [0.15, 0.2) is 0 Å². The van der Waals surface area contributed by atoms with Crippen LogP contribution in [0.4, 0.5) is 34.1 Å². The van der Waals surface area contributed by atoms with E-state index in [1.807, 2.05) is 24.3 Å². The Morgan fingerprint density at radius 1 is 0.257 bits per heavy atom. The summed E-state index contributed by atoms with van der Waals surface area (Å²) in [6.07, 6.45) is 0. The minimum Gasteiger partial charge on any atom is -0.456 e. The molecule has 0 fully saturated rings. The van der Waals surface area contributed by atoms with Gasteiger partial charge in [0, 0.05) is 55.4 Å². The summed E-state index contributed by atoms with van der Waals surface area (Å²) >= 11 is 0. The number of rotatable bonds is 9. The Balaban J connectivity index is 0.878. The van der Waals surface area contributed by atoms with E-state index in [1.54, 1.807) is 0 Å². The van der Waals surface area contributed by atoms with Gasteiger partial charge in [-0.05, 0) is 166 Å². The van der Waals surface area contributed by atoms with Crippen LogP contribution in [0.15, 0.2) is 264 Å². The fourth-order valence-corrected chi connectivity index (χ4v) is 11.2. The normalized spacial score (nSPS) is 11.6. The minimum atomic E-state index is 0.886. The number of hydrogen-bond acceptors (Lipinski definition) is 4. The highest BCUT2D eigenvalue weighted by Crippen LogP contribution is 2.47. The molecule has 0 saturated heterocycles. The second-order valence-corrected chi connectivity index (χ2v) is 19.4. The highest BCUT2D eigenvalue weighted by atomic mass is 16.3. The lowest BCUT2D eigenvalue weighted by molar-refractivity contribution is 0.668. The molecule has 2 aromatic heterocycles. The molecular formula is C70H48N2O2. The molecule has 0 unspecified atom stereocenters. The zero-order chi connectivity index (χ0) is 49.3. The van der Waals surface area contributed by atoms with Gasteiger partial charge in [0.1, 0.15) is 22.3 Å². The van der Waals surface area contributed by atoms with E-state index in [2.05, 4.69) is 254 Å². The number of benzene rings is 12. The first-order valence-electron chi connectivity index (χ1n) is 25.3. The van der Waals surface area contributed by atoms with Crippen LogP contribution >= 0.6 is 0 Å². The molecule has 0 aliphatic heterocycles. The summed E-state index contributed by atoms with van der Waals surface area (Å²) in [6.45, 7) is 4.48. The highest BCUT2D eigenvalue weighted by molar-refractivity contribution is 6.08. The summed E-state index contributed by atoms with van der Waals surface area (Å²) in [5, 5.41) is 9.25. The van der Waals surface area contributed by atoms with Crippen molar-refractivity contribution in [3.8, 4) is 33.4 Å². The second-order valence-electron chi connectivity index (χ2n) is 19.4. The number of anilines is 6. The summed E-state index contributed by atoms with van der Waals surface area (Å²) in [5.41, 5.74) is 19.3. The molecule has 350 valence electrons. The van der Waals surface area contributed by atoms with Gasteiger partial charge in [-0.2, -0.15) is 0 Å². The van der Waals surface area contributed by atoms with E-state index in [0.29, 0.717) is 0 Å². The first-order valence-corrected chi connectivity index (χ1v) is 25.3. The number of nitrogens with zero attached hydrogens (tertiary/aromatic N) is 2. The van der Waals surface area contributed by atoms with Crippen molar-refractivity contribution < 1.29 is 8.83 Å². The molecule has 2 heterocycles. The fourth-order valence-electron chi connectivity index (χ4n) is 11.2. The average Bonchev–Trinajstić information content (AvgIpc) is 4.02. The number of aryl methyl sites for hydroxylation is 2. The topological polar surface area (TPSA) is 32.8 Å². The predicted octanol–water partition coefficient (Wildman–Crippen LogP) is 20.3. The molecule has 0 bridgehead atoms. The fraction of sp³-hybridized carbons (Fsp3) is 0.0286. The third-order valence-electron chi connectivity index (χ3n) is 14.9. The van der Waals surface area contributed by atoms with Crippen molar-refractivity contribution in [3.63, 3.8) is 0 Å². The van der Waals surface area contributed by atoms with E-state index in [0.717, 1.165) is 123 Å². The molecule has 0 amide bonds. The molecule has 0 saturated carbocycles. The summed E-state index contributed by atoms with van der Waals surface area (Å²) in [7, 11) is 0. The third kappa shape index (κ3) is 7.38. The van der Waals surface area contributed by atoms with Crippen LogP contribution in [0, 0.1) is 13.8 Å². The van der Waals surface area contributed by atoms with Crippen LogP contribution < -0.4 is 9.80 Å². The standard InChI is InChI=1S/C70H48N2O2/c1-45-39-51(29-35-63(45)71(55-33-27-47-15-3-5-17-49(47)41-55)65-23-11-7-19-57(65)53-31-37-69-61(43-53)59-21-9-13-25-67(59)73-69)52-30-36-64(46(2)40-52)72(56-34-28-48-16-4-6-18-50(48)42-56)66-24-12-8-20-58(66)54-32-38-70-62(44-54)60-22-10-14-26-68(60)74-70/h3-44H,1-2H3. The van der Waals surface area contributed by atoms with Crippen LogP contribution in [0.5, 0.6) is 0 Å². The molecule has 0 N–H and O–H groups in total. The average molecular weight is 949 g/mol. The Morgan fingerprint density at radius 2 is 0.635 bits per heavy atom. The molecule has 4 nitrogen and oxygen atoms in total. The monoisotopic (exact) mass is 948 g/mol. The molecule has 0 aliphatic rings. The van der Waals surface area contributed by atoms with Crippen LogP contribution in [-0.4, -0.2) is 0 Å². The number of hydrogen-bond donors (Lipinski definition) is 0. The highest BCUT2D eigenvalue weighted by Gasteiger charge is 2.23. The number of fused-ring (bicyclic) bond motifs is 8. The van der Waals surface area contributed by atoms with E-state index in [-0.39, 0.29) is 0 Å². The lowest BCUT2D eigenvalue weighted by Crippen LogP contribution is -2.13. The molecule has 0 atom stereocenters. The molecular weight excluding hydrogens is 901 g/mol. The van der Waals surface area contributed by atoms with Gasteiger partial charge < -0.3 is 18.6 Å². The summed E-state index contributed by atoms with van der Waals surface area (Å²) in [5.74, 6) is 0. The molecule has 0 aliphatic carbocycles. The van der Waals surface area contributed by atoms with Gasteiger partial charge in [0.05, 0.1) is 11.4 Å². The van der Waals surface area contributed by atoms with E-state index < -0.39 is 0 Å². The van der Waals surface area contributed by atoms with Crippen LogP contribution in [-0.2, 0) is 0 Å². The van der Waals surface area contributed by atoms with Crippen molar-refractivity contribution in [2.75, 3.05) is 9.80 Å².